The molecule has 0 atom stereocenters. The van der Waals surface area contributed by atoms with Crippen LogP contribution in [0.1, 0.15) is 12.5 Å². The van der Waals surface area contributed by atoms with Crippen molar-refractivity contribution in [3.8, 4) is 5.75 Å². The van der Waals surface area contributed by atoms with E-state index in [0.29, 0.717) is 6.61 Å². The summed E-state index contributed by atoms with van der Waals surface area (Å²) in [6.45, 7) is 6.63. The molecule has 2 aromatic carbocycles. The van der Waals surface area contributed by atoms with E-state index in [1.165, 1.54) is 17.6 Å². The van der Waals surface area contributed by atoms with Crippen molar-refractivity contribution >= 4 is 17.7 Å². The highest BCUT2D eigenvalue weighted by atomic mass is 16.5. The number of hydroxylamine groups is 1. The lowest BCUT2D eigenvalue weighted by Crippen LogP contribution is -2.28. The van der Waals surface area contributed by atoms with E-state index in [-0.39, 0.29) is 0 Å². The molecule has 122 valence electrons. The summed E-state index contributed by atoms with van der Waals surface area (Å²) in [6.07, 6.45) is 1.22. The minimum absolute atomic E-state index is 0.614. The van der Waals surface area contributed by atoms with Crippen LogP contribution < -0.4 is 15.1 Å². The van der Waals surface area contributed by atoms with E-state index in [0.717, 1.165) is 24.5 Å². The molecule has 2 rings (SSSR count). The molecule has 2 N–H and O–H groups in total. The second-order valence-corrected chi connectivity index (χ2v) is 5.15. The zero-order valence-corrected chi connectivity index (χ0v) is 13.6. The molecule has 23 heavy (non-hydrogen) atoms. The van der Waals surface area contributed by atoms with Crippen LogP contribution in [0, 0.1) is 6.92 Å². The maximum absolute atomic E-state index is 8.46. The molecule has 0 amide bonds. The van der Waals surface area contributed by atoms with E-state index in [9.17, 15) is 0 Å². The first-order valence-electron chi connectivity index (χ1n) is 7.69. The molecule has 0 aliphatic heterocycles. The molecule has 0 aliphatic rings. The Labute approximate surface area is 137 Å². The molecule has 5 nitrogen and oxygen atoms in total. The van der Waals surface area contributed by atoms with Gasteiger partial charge >= 0.3 is 0 Å². The van der Waals surface area contributed by atoms with E-state index in [1.807, 2.05) is 29.7 Å². The van der Waals surface area contributed by atoms with Crippen molar-refractivity contribution < 1.29 is 9.94 Å². The molecule has 0 heterocycles. The highest BCUT2D eigenvalue weighted by molar-refractivity contribution is 5.59. The summed E-state index contributed by atoms with van der Waals surface area (Å²) in [7, 11) is 0. The van der Waals surface area contributed by atoms with Crippen LogP contribution >= 0.6 is 0 Å². The van der Waals surface area contributed by atoms with Crippen molar-refractivity contribution in [1.29, 1.82) is 0 Å². The number of anilines is 1. The largest absolute Gasteiger partial charge is 0.492 e. The molecule has 0 radical (unpaired) electrons. The third-order valence-corrected chi connectivity index (χ3v) is 3.49. The van der Waals surface area contributed by atoms with Crippen LogP contribution in [0.5, 0.6) is 5.75 Å². The highest BCUT2D eigenvalue weighted by Crippen LogP contribution is 2.18. The molecular formula is C18H23N3O2. The summed E-state index contributed by atoms with van der Waals surface area (Å²) < 4.78 is 5.79. The first-order chi connectivity index (χ1) is 11.2. The minimum atomic E-state index is 0.614. The van der Waals surface area contributed by atoms with Crippen LogP contribution in [0.3, 0.4) is 0 Å². The summed E-state index contributed by atoms with van der Waals surface area (Å²) in [4.78, 5) is 6.28. The smallest absolute Gasteiger partial charge is 0.119 e. The predicted molar refractivity (Wildman–Crippen MR) is 94.1 cm³/mol. The Morgan fingerprint density at radius 3 is 2.65 bits per heavy atom. The number of hydrogen-bond donors (Lipinski definition) is 2. The summed E-state index contributed by atoms with van der Waals surface area (Å²) in [5.74, 6) is 0.807. The van der Waals surface area contributed by atoms with Gasteiger partial charge in [0.2, 0.25) is 0 Å². The van der Waals surface area contributed by atoms with Crippen LogP contribution in [-0.4, -0.2) is 31.2 Å². The Morgan fingerprint density at radius 2 is 2.00 bits per heavy atom. The van der Waals surface area contributed by atoms with Crippen molar-refractivity contribution in [3.05, 3.63) is 54.1 Å². The molecule has 5 heteroatoms. The van der Waals surface area contributed by atoms with Crippen molar-refractivity contribution in [2.45, 2.75) is 13.8 Å². The number of rotatable bonds is 8. The molecule has 0 saturated carbocycles. The van der Waals surface area contributed by atoms with Gasteiger partial charge in [0.05, 0.1) is 12.2 Å². The Bertz CT molecular complexity index is 626. The van der Waals surface area contributed by atoms with E-state index in [1.54, 1.807) is 0 Å². The van der Waals surface area contributed by atoms with Crippen molar-refractivity contribution in [1.82, 2.24) is 5.48 Å². The average Bonchev–Trinajstić information content (AvgIpc) is 2.58. The van der Waals surface area contributed by atoms with E-state index < -0.39 is 0 Å². The molecule has 0 aliphatic carbocycles. The summed E-state index contributed by atoms with van der Waals surface area (Å²) in [5, 5.41) is 8.46. The number of aliphatic imine (C=N–C) groups is 1. The van der Waals surface area contributed by atoms with Gasteiger partial charge in [0, 0.05) is 12.2 Å². The summed E-state index contributed by atoms with van der Waals surface area (Å²) in [6, 6.07) is 15.9. The maximum atomic E-state index is 8.46. The first-order valence-corrected chi connectivity index (χ1v) is 7.69. The number of hydrogen-bond acceptors (Lipinski definition) is 4. The number of aryl methyl sites for hydroxylation is 1. The fraction of sp³-hybridized carbons (Fsp3) is 0.278. The van der Waals surface area contributed by atoms with Gasteiger partial charge < -0.3 is 9.64 Å². The normalized spacial score (nSPS) is 10.7. The van der Waals surface area contributed by atoms with Crippen LogP contribution in [0.25, 0.3) is 0 Å². The molecule has 0 bridgehead atoms. The zero-order valence-electron chi connectivity index (χ0n) is 13.6. The van der Waals surface area contributed by atoms with Crippen molar-refractivity contribution in [2.75, 3.05) is 24.6 Å². The van der Waals surface area contributed by atoms with Gasteiger partial charge in [0.1, 0.15) is 18.7 Å². The molecule has 0 unspecified atom stereocenters. The number of likely N-dealkylation sites (N-methyl/N-ethyl adjacent to an activating group) is 1. The SMILES string of the molecule is CCN(CCOc1ccc(N=CNO)cc1)c1cccc(C)c1. The van der Waals surface area contributed by atoms with Gasteiger partial charge in [0.25, 0.3) is 0 Å². The van der Waals surface area contributed by atoms with Gasteiger partial charge in [-0.1, -0.05) is 12.1 Å². The highest BCUT2D eigenvalue weighted by Gasteiger charge is 2.04. The van der Waals surface area contributed by atoms with Gasteiger partial charge in [-0.3, -0.25) is 10.7 Å². The Kier molecular flexibility index (Phi) is 6.44. The topological polar surface area (TPSA) is 57.1 Å². The second-order valence-electron chi connectivity index (χ2n) is 5.15. The molecule has 0 saturated heterocycles. The van der Waals surface area contributed by atoms with Crippen LogP contribution in [0.4, 0.5) is 11.4 Å². The lowest BCUT2D eigenvalue weighted by atomic mass is 10.2. The maximum Gasteiger partial charge on any atom is 0.119 e. The lowest BCUT2D eigenvalue weighted by molar-refractivity contribution is 0.240. The summed E-state index contributed by atoms with van der Waals surface area (Å²) in [5.41, 5.74) is 5.10. The Hall–Kier alpha value is -2.53. The summed E-state index contributed by atoms with van der Waals surface area (Å²) >= 11 is 0. The van der Waals surface area contributed by atoms with Crippen LogP contribution in [0.15, 0.2) is 53.5 Å². The molecule has 2 aromatic rings. The Morgan fingerprint density at radius 1 is 1.22 bits per heavy atom. The van der Waals surface area contributed by atoms with Gasteiger partial charge in [-0.05, 0) is 55.8 Å². The first kappa shape index (κ1) is 16.8. The number of ether oxygens (including phenoxy) is 1. The van der Waals surface area contributed by atoms with Gasteiger partial charge in [-0.2, -0.15) is 0 Å². The van der Waals surface area contributed by atoms with Gasteiger partial charge in [-0.25, -0.2) is 4.99 Å². The number of nitrogens with one attached hydrogen (secondary N) is 1. The van der Waals surface area contributed by atoms with E-state index >= 15 is 0 Å². The molecule has 0 spiro atoms. The van der Waals surface area contributed by atoms with Crippen molar-refractivity contribution in [2.24, 2.45) is 4.99 Å². The van der Waals surface area contributed by atoms with E-state index in [4.69, 9.17) is 9.94 Å². The third-order valence-electron chi connectivity index (χ3n) is 3.49. The predicted octanol–water partition coefficient (Wildman–Crippen LogP) is 3.54. The van der Waals surface area contributed by atoms with Gasteiger partial charge in [-0.15, -0.1) is 0 Å². The zero-order chi connectivity index (χ0) is 16.5. The Balaban J connectivity index is 1.86. The lowest BCUT2D eigenvalue weighted by Gasteiger charge is -2.23. The average molecular weight is 313 g/mol. The standard InChI is InChI=1S/C18H23N3O2/c1-3-21(17-6-4-5-15(2)13-17)11-12-23-18-9-7-16(8-10-18)19-14-20-22/h4-10,13-14,22H,3,11-12H2,1-2H3,(H,19,20). The fourth-order valence-electron chi connectivity index (χ4n) is 2.30. The van der Waals surface area contributed by atoms with Crippen LogP contribution in [-0.2, 0) is 0 Å². The number of benzene rings is 2. The van der Waals surface area contributed by atoms with Crippen molar-refractivity contribution in [3.63, 3.8) is 0 Å². The van der Waals surface area contributed by atoms with E-state index in [2.05, 4.69) is 48.0 Å². The monoisotopic (exact) mass is 313 g/mol. The minimum Gasteiger partial charge on any atom is -0.492 e. The molecular weight excluding hydrogens is 290 g/mol. The van der Waals surface area contributed by atoms with Gasteiger partial charge in [0.15, 0.2) is 0 Å². The molecule has 0 aromatic heterocycles. The number of nitrogens with zero attached hydrogens (tertiary/aromatic N) is 2. The fourth-order valence-corrected chi connectivity index (χ4v) is 2.30. The molecule has 0 fully saturated rings. The third kappa shape index (κ3) is 5.30. The quantitative estimate of drug-likeness (QED) is 0.445. The van der Waals surface area contributed by atoms with Crippen LogP contribution in [0.2, 0.25) is 0 Å². The second kappa shape index (κ2) is 8.80.